The van der Waals surface area contributed by atoms with E-state index in [9.17, 15) is 10.1 Å². The predicted octanol–water partition coefficient (Wildman–Crippen LogP) is 0.279. The van der Waals surface area contributed by atoms with Crippen molar-refractivity contribution in [1.29, 1.82) is 0 Å². The monoisotopic (exact) mass is 159 g/mol. The Morgan fingerprint density at radius 1 is 1.73 bits per heavy atom. The van der Waals surface area contributed by atoms with E-state index in [-0.39, 0.29) is 11.5 Å². The fourth-order valence-electron chi connectivity index (χ4n) is 0.404. The summed E-state index contributed by atoms with van der Waals surface area (Å²) < 4.78 is 0. The summed E-state index contributed by atoms with van der Waals surface area (Å²) in [5, 5.41) is 10.3. The maximum absolute atomic E-state index is 10.3. The van der Waals surface area contributed by atoms with Gasteiger partial charge in [-0.05, 0) is 0 Å². The number of rotatable bonds is 5. The van der Waals surface area contributed by atoms with Gasteiger partial charge in [0.25, 0.3) is 0 Å². The molecule has 0 aliphatic rings. The second-order valence-electron chi connectivity index (χ2n) is 2.77. The molecule has 0 aliphatic carbocycles. The maximum atomic E-state index is 10.3. The van der Waals surface area contributed by atoms with Crippen molar-refractivity contribution >= 4 is 0 Å². The van der Waals surface area contributed by atoms with Crippen LogP contribution in [0.3, 0.4) is 0 Å². The quantitative estimate of drug-likeness (QED) is 0.343. The molecule has 0 radical (unpaired) electrons. The molecule has 0 rings (SSSR count). The van der Waals surface area contributed by atoms with Crippen LogP contribution in [-0.2, 0) is 0 Å². The van der Waals surface area contributed by atoms with Crippen molar-refractivity contribution in [3.05, 3.63) is 22.9 Å². The lowest BCUT2D eigenvalue weighted by Gasteiger charge is -2.15. The Morgan fingerprint density at radius 2 is 2.27 bits per heavy atom. The van der Waals surface area contributed by atoms with Crippen molar-refractivity contribution in [3.63, 3.8) is 0 Å². The second kappa shape index (κ2) is 3.92. The van der Waals surface area contributed by atoms with Gasteiger partial charge in [-0.2, -0.15) is 0 Å². The van der Waals surface area contributed by atoms with Gasteiger partial charge in [0.05, 0.1) is 6.54 Å². The van der Waals surface area contributed by atoms with E-state index >= 15 is 0 Å². The van der Waals surface area contributed by atoms with E-state index in [1.165, 1.54) is 6.20 Å². The van der Waals surface area contributed by atoms with Gasteiger partial charge in [-0.3, -0.25) is 10.1 Å². The number of nitro groups is 1. The molecule has 0 heterocycles. The summed E-state index contributed by atoms with van der Waals surface area (Å²) in [5.74, 6) is 0. The zero-order chi connectivity index (χ0) is 8.91. The molecule has 0 aliphatic heterocycles. The minimum absolute atomic E-state index is 0.256. The Bertz CT molecular complexity index is 156. The SMILES string of the molecule is C=CNNCC(C)(C)[N+](=O)[O-]. The molecular weight excluding hydrogens is 146 g/mol. The fraction of sp³-hybridized carbons (Fsp3) is 0.667. The first-order valence-electron chi connectivity index (χ1n) is 3.24. The van der Waals surface area contributed by atoms with E-state index in [0.29, 0.717) is 0 Å². The summed E-state index contributed by atoms with van der Waals surface area (Å²) in [6.45, 7) is 6.73. The number of nitrogens with zero attached hydrogens (tertiary/aromatic N) is 1. The lowest BCUT2D eigenvalue weighted by atomic mass is 10.1. The standard InChI is InChI=1S/C6H13N3O2/c1-4-7-8-5-6(2,3)9(10)11/h4,7-8H,1,5H2,2-3H3. The van der Waals surface area contributed by atoms with E-state index in [0.717, 1.165) is 0 Å². The van der Waals surface area contributed by atoms with Crippen LogP contribution in [-0.4, -0.2) is 17.0 Å². The Hall–Kier alpha value is -1.10. The van der Waals surface area contributed by atoms with Crippen LogP contribution in [0, 0.1) is 10.1 Å². The first-order valence-corrected chi connectivity index (χ1v) is 3.24. The zero-order valence-corrected chi connectivity index (χ0v) is 6.76. The third kappa shape index (κ3) is 3.57. The van der Waals surface area contributed by atoms with Crippen LogP contribution in [0.15, 0.2) is 12.8 Å². The molecule has 0 amide bonds. The van der Waals surface area contributed by atoms with Crippen molar-refractivity contribution in [2.45, 2.75) is 19.4 Å². The Morgan fingerprint density at radius 3 is 2.64 bits per heavy atom. The van der Waals surface area contributed by atoms with Crippen molar-refractivity contribution in [1.82, 2.24) is 10.9 Å². The largest absolute Gasteiger partial charge is 0.329 e. The molecular formula is C6H13N3O2. The maximum Gasteiger partial charge on any atom is 0.230 e. The molecule has 0 atom stereocenters. The molecule has 0 saturated carbocycles. The summed E-state index contributed by atoms with van der Waals surface area (Å²) in [7, 11) is 0. The molecule has 0 bridgehead atoms. The van der Waals surface area contributed by atoms with Crippen molar-refractivity contribution in [2.75, 3.05) is 6.54 Å². The van der Waals surface area contributed by atoms with E-state index in [4.69, 9.17) is 0 Å². The van der Waals surface area contributed by atoms with Crippen LogP contribution in [0.25, 0.3) is 0 Å². The van der Waals surface area contributed by atoms with E-state index in [2.05, 4.69) is 17.4 Å². The minimum Gasteiger partial charge on any atom is -0.329 e. The number of hydrogen-bond acceptors (Lipinski definition) is 4. The van der Waals surface area contributed by atoms with E-state index < -0.39 is 5.54 Å². The molecule has 0 aromatic carbocycles. The molecule has 64 valence electrons. The number of nitrogens with one attached hydrogen (secondary N) is 2. The van der Waals surface area contributed by atoms with Crippen LogP contribution in [0.1, 0.15) is 13.8 Å². The highest BCUT2D eigenvalue weighted by molar-refractivity contribution is 4.70. The molecule has 0 spiro atoms. The molecule has 11 heavy (non-hydrogen) atoms. The number of hydrogen-bond donors (Lipinski definition) is 2. The summed E-state index contributed by atoms with van der Waals surface area (Å²) in [6.07, 6.45) is 1.43. The topological polar surface area (TPSA) is 67.2 Å². The molecule has 0 aromatic rings. The van der Waals surface area contributed by atoms with Gasteiger partial charge in [0.2, 0.25) is 5.54 Å². The summed E-state index contributed by atoms with van der Waals surface area (Å²) in [4.78, 5) is 10.00. The predicted molar refractivity (Wildman–Crippen MR) is 42.4 cm³/mol. The molecule has 2 N–H and O–H groups in total. The fourth-order valence-corrected chi connectivity index (χ4v) is 0.404. The third-order valence-electron chi connectivity index (χ3n) is 1.22. The van der Waals surface area contributed by atoms with Gasteiger partial charge in [0.1, 0.15) is 0 Å². The highest BCUT2D eigenvalue weighted by atomic mass is 16.6. The van der Waals surface area contributed by atoms with Crippen LogP contribution in [0.2, 0.25) is 0 Å². The zero-order valence-electron chi connectivity index (χ0n) is 6.76. The van der Waals surface area contributed by atoms with Gasteiger partial charge in [-0.15, -0.1) is 0 Å². The number of hydrazine groups is 1. The summed E-state index contributed by atoms with van der Waals surface area (Å²) in [5.41, 5.74) is 4.27. The molecule has 0 fully saturated rings. The van der Waals surface area contributed by atoms with Crippen LogP contribution in [0.5, 0.6) is 0 Å². The van der Waals surface area contributed by atoms with E-state index in [1.54, 1.807) is 13.8 Å². The van der Waals surface area contributed by atoms with Gasteiger partial charge < -0.3 is 5.43 Å². The molecule has 0 unspecified atom stereocenters. The summed E-state index contributed by atoms with van der Waals surface area (Å²) >= 11 is 0. The van der Waals surface area contributed by atoms with Crippen LogP contribution < -0.4 is 10.9 Å². The second-order valence-corrected chi connectivity index (χ2v) is 2.77. The van der Waals surface area contributed by atoms with E-state index in [1.807, 2.05) is 0 Å². The molecule has 5 nitrogen and oxygen atoms in total. The van der Waals surface area contributed by atoms with Gasteiger partial charge in [0, 0.05) is 25.0 Å². The molecule has 5 heteroatoms. The molecule has 0 saturated heterocycles. The van der Waals surface area contributed by atoms with Crippen LogP contribution in [0.4, 0.5) is 0 Å². The minimum atomic E-state index is -0.948. The average molecular weight is 159 g/mol. The smallest absolute Gasteiger partial charge is 0.230 e. The Balaban J connectivity index is 3.72. The average Bonchev–Trinajstić information content (AvgIpc) is 1.88. The lowest BCUT2D eigenvalue weighted by Crippen LogP contribution is -2.45. The third-order valence-corrected chi connectivity index (χ3v) is 1.22. The van der Waals surface area contributed by atoms with Gasteiger partial charge in [-0.25, -0.2) is 5.43 Å². The van der Waals surface area contributed by atoms with Gasteiger partial charge >= 0.3 is 0 Å². The van der Waals surface area contributed by atoms with Gasteiger partial charge in [0.15, 0.2) is 0 Å². The van der Waals surface area contributed by atoms with Gasteiger partial charge in [-0.1, -0.05) is 6.58 Å². The van der Waals surface area contributed by atoms with Crippen molar-refractivity contribution in [2.24, 2.45) is 0 Å². The van der Waals surface area contributed by atoms with Crippen molar-refractivity contribution < 1.29 is 4.92 Å². The Kier molecular flexibility index (Phi) is 3.53. The highest BCUT2D eigenvalue weighted by Crippen LogP contribution is 2.03. The highest BCUT2D eigenvalue weighted by Gasteiger charge is 2.29. The lowest BCUT2D eigenvalue weighted by molar-refractivity contribution is -0.558. The van der Waals surface area contributed by atoms with Crippen molar-refractivity contribution in [3.8, 4) is 0 Å². The first kappa shape index (κ1) is 9.90. The normalized spacial score (nSPS) is 10.7. The summed E-state index contributed by atoms with van der Waals surface area (Å²) in [6, 6.07) is 0. The Labute approximate surface area is 65.6 Å². The van der Waals surface area contributed by atoms with Crippen LogP contribution >= 0.6 is 0 Å². The first-order chi connectivity index (χ1) is 5.00. The molecule has 0 aromatic heterocycles.